The lowest BCUT2D eigenvalue weighted by Gasteiger charge is -2.19. The van der Waals surface area contributed by atoms with E-state index in [2.05, 4.69) is 27.5 Å². The zero-order chi connectivity index (χ0) is 14.7. The topological polar surface area (TPSA) is 54.2 Å². The van der Waals surface area contributed by atoms with Crippen molar-refractivity contribution in [1.29, 1.82) is 0 Å². The summed E-state index contributed by atoms with van der Waals surface area (Å²) in [5.74, 6) is 1.18. The molecule has 1 aliphatic heterocycles. The summed E-state index contributed by atoms with van der Waals surface area (Å²) < 4.78 is 5.72. The van der Waals surface area contributed by atoms with Gasteiger partial charge in [-0.05, 0) is 50.7 Å². The summed E-state index contributed by atoms with van der Waals surface area (Å²) in [6, 6.07) is 7.98. The van der Waals surface area contributed by atoms with Gasteiger partial charge in [0.15, 0.2) is 0 Å². The first-order chi connectivity index (χ1) is 10.2. The number of likely N-dealkylation sites (N-methyl/N-ethyl adjacent to an activating group) is 1. The van der Waals surface area contributed by atoms with Gasteiger partial charge < -0.3 is 9.73 Å². The summed E-state index contributed by atoms with van der Waals surface area (Å²) in [6.07, 6.45) is 2.50. The molecule has 2 heterocycles. The van der Waals surface area contributed by atoms with Gasteiger partial charge in [0, 0.05) is 23.2 Å². The molecule has 0 saturated carbocycles. The first-order valence-electron chi connectivity index (χ1n) is 7.21. The molecule has 1 aromatic carbocycles. The third kappa shape index (κ3) is 3.81. The summed E-state index contributed by atoms with van der Waals surface area (Å²) in [7, 11) is 2.08. The van der Waals surface area contributed by atoms with Gasteiger partial charge in [-0.15, -0.1) is 10.2 Å². The first kappa shape index (κ1) is 14.5. The van der Waals surface area contributed by atoms with Gasteiger partial charge in [-0.1, -0.05) is 11.6 Å². The highest BCUT2D eigenvalue weighted by molar-refractivity contribution is 6.30. The maximum atomic E-state index is 5.87. The van der Waals surface area contributed by atoms with Crippen LogP contribution in [0, 0.1) is 0 Å². The Morgan fingerprint density at radius 2 is 2.14 bits per heavy atom. The number of rotatable bonds is 5. The molecule has 21 heavy (non-hydrogen) atoms. The van der Waals surface area contributed by atoms with Crippen molar-refractivity contribution in [3.8, 4) is 11.5 Å². The maximum Gasteiger partial charge on any atom is 0.247 e. The molecule has 1 saturated heterocycles. The lowest BCUT2D eigenvalue weighted by atomic mass is 10.2. The van der Waals surface area contributed by atoms with Crippen molar-refractivity contribution in [3.63, 3.8) is 0 Å². The molecule has 1 aromatic heterocycles. The minimum Gasteiger partial charge on any atom is -0.419 e. The first-order valence-corrected chi connectivity index (χ1v) is 7.59. The van der Waals surface area contributed by atoms with Gasteiger partial charge in [-0.2, -0.15) is 0 Å². The molecule has 1 fully saturated rings. The molecule has 6 heteroatoms. The Morgan fingerprint density at radius 3 is 2.86 bits per heavy atom. The van der Waals surface area contributed by atoms with Gasteiger partial charge >= 0.3 is 0 Å². The number of nitrogens with zero attached hydrogens (tertiary/aromatic N) is 3. The van der Waals surface area contributed by atoms with Crippen LogP contribution in [0.2, 0.25) is 5.02 Å². The molecule has 0 radical (unpaired) electrons. The molecule has 2 aromatic rings. The SMILES string of the molecule is CN(Cc1nnc(-c2ccc(Cl)cc2)o1)CC1CCCN1. The highest BCUT2D eigenvalue weighted by Gasteiger charge is 2.17. The number of nitrogens with one attached hydrogen (secondary N) is 1. The molecule has 1 aliphatic rings. The van der Waals surface area contributed by atoms with Gasteiger partial charge in [-0.3, -0.25) is 4.90 Å². The van der Waals surface area contributed by atoms with E-state index in [-0.39, 0.29) is 0 Å². The van der Waals surface area contributed by atoms with Gasteiger partial charge in [0.05, 0.1) is 6.54 Å². The highest BCUT2D eigenvalue weighted by Crippen LogP contribution is 2.20. The van der Waals surface area contributed by atoms with Crippen LogP contribution in [-0.2, 0) is 6.54 Å². The van der Waals surface area contributed by atoms with Gasteiger partial charge in [0.2, 0.25) is 11.8 Å². The van der Waals surface area contributed by atoms with E-state index in [1.54, 1.807) is 0 Å². The van der Waals surface area contributed by atoms with Crippen LogP contribution in [0.15, 0.2) is 28.7 Å². The summed E-state index contributed by atoms with van der Waals surface area (Å²) >= 11 is 5.87. The number of hydrogen-bond acceptors (Lipinski definition) is 5. The Labute approximate surface area is 129 Å². The molecule has 0 amide bonds. The second-order valence-corrected chi connectivity index (χ2v) is 5.93. The van der Waals surface area contributed by atoms with Crippen LogP contribution in [0.1, 0.15) is 18.7 Å². The van der Waals surface area contributed by atoms with Crippen LogP contribution >= 0.6 is 11.6 Å². The van der Waals surface area contributed by atoms with Crippen molar-refractivity contribution >= 4 is 11.6 Å². The molecule has 3 rings (SSSR count). The second-order valence-electron chi connectivity index (χ2n) is 5.50. The minimum atomic E-state index is 0.536. The summed E-state index contributed by atoms with van der Waals surface area (Å²) in [5.41, 5.74) is 0.887. The zero-order valence-electron chi connectivity index (χ0n) is 12.1. The van der Waals surface area contributed by atoms with Crippen molar-refractivity contribution in [2.45, 2.75) is 25.4 Å². The Kier molecular flexibility index (Phi) is 4.53. The molecule has 1 atom stereocenters. The van der Waals surface area contributed by atoms with E-state index in [9.17, 15) is 0 Å². The molecule has 0 aliphatic carbocycles. The number of halogens is 1. The van der Waals surface area contributed by atoms with Gasteiger partial charge in [0.25, 0.3) is 0 Å². The zero-order valence-corrected chi connectivity index (χ0v) is 12.8. The monoisotopic (exact) mass is 306 g/mol. The van der Waals surface area contributed by atoms with E-state index in [1.807, 2.05) is 24.3 Å². The predicted octanol–water partition coefficient (Wildman–Crippen LogP) is 2.57. The molecular weight excluding hydrogens is 288 g/mol. The Morgan fingerprint density at radius 1 is 1.33 bits per heavy atom. The molecule has 1 unspecified atom stereocenters. The summed E-state index contributed by atoms with van der Waals surface area (Å²) in [6.45, 7) is 2.79. The van der Waals surface area contributed by atoms with E-state index in [0.717, 1.165) is 18.7 Å². The second kappa shape index (κ2) is 6.56. The number of hydrogen-bond donors (Lipinski definition) is 1. The van der Waals surface area contributed by atoms with Crippen molar-refractivity contribution in [1.82, 2.24) is 20.4 Å². The Bertz CT molecular complexity index is 578. The quantitative estimate of drug-likeness (QED) is 0.920. The minimum absolute atomic E-state index is 0.536. The van der Waals surface area contributed by atoms with Gasteiger partial charge in [0.1, 0.15) is 0 Å². The smallest absolute Gasteiger partial charge is 0.247 e. The molecule has 5 nitrogen and oxygen atoms in total. The molecule has 0 spiro atoms. The van der Waals surface area contributed by atoms with Crippen LogP contribution in [0.25, 0.3) is 11.5 Å². The van der Waals surface area contributed by atoms with Crippen LogP contribution in [0.4, 0.5) is 0 Å². The summed E-state index contributed by atoms with van der Waals surface area (Å²) in [4.78, 5) is 2.21. The van der Waals surface area contributed by atoms with E-state index in [4.69, 9.17) is 16.0 Å². The highest BCUT2D eigenvalue weighted by atomic mass is 35.5. The van der Waals surface area contributed by atoms with E-state index < -0.39 is 0 Å². The van der Waals surface area contributed by atoms with Crippen LogP contribution in [0.5, 0.6) is 0 Å². The van der Waals surface area contributed by atoms with E-state index >= 15 is 0 Å². The lowest BCUT2D eigenvalue weighted by Crippen LogP contribution is -2.35. The average Bonchev–Trinajstić information content (AvgIpc) is 3.11. The van der Waals surface area contributed by atoms with Crippen molar-refractivity contribution in [2.24, 2.45) is 0 Å². The van der Waals surface area contributed by atoms with Crippen molar-refractivity contribution < 1.29 is 4.42 Å². The Hall–Kier alpha value is -1.43. The van der Waals surface area contributed by atoms with Crippen LogP contribution in [-0.4, -0.2) is 41.3 Å². The standard InChI is InChI=1S/C15H19ClN4O/c1-20(9-13-3-2-8-17-13)10-14-18-19-15(21-14)11-4-6-12(16)7-5-11/h4-7,13,17H,2-3,8-10H2,1H3. The Balaban J connectivity index is 1.60. The van der Waals surface area contributed by atoms with Crippen LogP contribution < -0.4 is 5.32 Å². The third-order valence-electron chi connectivity index (χ3n) is 3.66. The fourth-order valence-electron chi connectivity index (χ4n) is 2.61. The summed E-state index contributed by atoms with van der Waals surface area (Å²) in [5, 5.41) is 12.4. The van der Waals surface area contributed by atoms with Crippen LogP contribution in [0.3, 0.4) is 0 Å². The largest absolute Gasteiger partial charge is 0.419 e. The predicted molar refractivity (Wildman–Crippen MR) is 82.1 cm³/mol. The van der Waals surface area contributed by atoms with E-state index in [1.165, 1.54) is 12.8 Å². The maximum absolute atomic E-state index is 5.87. The lowest BCUT2D eigenvalue weighted by molar-refractivity contribution is 0.265. The molecule has 112 valence electrons. The number of aromatic nitrogens is 2. The third-order valence-corrected chi connectivity index (χ3v) is 3.91. The van der Waals surface area contributed by atoms with Gasteiger partial charge in [-0.25, -0.2) is 0 Å². The fraction of sp³-hybridized carbons (Fsp3) is 0.467. The fourth-order valence-corrected chi connectivity index (χ4v) is 2.74. The molecule has 1 N–H and O–H groups in total. The van der Waals surface area contributed by atoms with Crippen molar-refractivity contribution in [3.05, 3.63) is 35.2 Å². The molecular formula is C15H19ClN4O. The normalized spacial score (nSPS) is 18.5. The van der Waals surface area contributed by atoms with E-state index in [0.29, 0.717) is 29.4 Å². The van der Waals surface area contributed by atoms with Crippen molar-refractivity contribution in [2.75, 3.05) is 20.1 Å². The number of benzene rings is 1. The average molecular weight is 307 g/mol. The molecule has 0 bridgehead atoms.